The number of likely N-dealkylation sites (tertiary alicyclic amines) is 1. The highest BCUT2D eigenvalue weighted by Gasteiger charge is 2.20. The van der Waals surface area contributed by atoms with Crippen LogP contribution in [-0.4, -0.2) is 32.4 Å². The highest BCUT2D eigenvalue weighted by atomic mass is 32.2. The van der Waals surface area contributed by atoms with E-state index >= 15 is 0 Å². The topological polar surface area (TPSA) is 78.5 Å². The van der Waals surface area contributed by atoms with Gasteiger partial charge in [-0.15, -0.1) is 0 Å². The summed E-state index contributed by atoms with van der Waals surface area (Å²) in [5.74, 6) is 0. The van der Waals surface area contributed by atoms with Gasteiger partial charge in [0.1, 0.15) is 0 Å². The summed E-state index contributed by atoms with van der Waals surface area (Å²) < 4.78 is 28.5. The first-order chi connectivity index (χ1) is 13.4. The summed E-state index contributed by atoms with van der Waals surface area (Å²) >= 11 is 0. The fourth-order valence-corrected chi connectivity index (χ4v) is 4.55. The third-order valence-electron chi connectivity index (χ3n) is 5.04. The Labute approximate surface area is 167 Å². The van der Waals surface area contributed by atoms with Crippen LogP contribution < -0.4 is 10.0 Å². The maximum absolute atomic E-state index is 12.9. The fraction of sp³-hybridized carbons (Fsp3) is 0.381. The van der Waals surface area contributed by atoms with Gasteiger partial charge in [0.05, 0.1) is 10.6 Å². The van der Waals surface area contributed by atoms with E-state index in [-0.39, 0.29) is 10.9 Å². The molecule has 1 saturated heterocycles. The number of amides is 2. The van der Waals surface area contributed by atoms with Gasteiger partial charge < -0.3 is 10.2 Å². The Balaban J connectivity index is 1.77. The molecule has 0 bridgehead atoms. The maximum Gasteiger partial charge on any atom is 0.321 e. The second-order valence-electron chi connectivity index (χ2n) is 6.91. The number of nitrogens with zero attached hydrogens (tertiary/aromatic N) is 1. The van der Waals surface area contributed by atoms with Gasteiger partial charge in [-0.05, 0) is 61.1 Å². The number of hydrogen-bond acceptors (Lipinski definition) is 3. The predicted octanol–water partition coefficient (Wildman–Crippen LogP) is 4.24. The molecule has 150 valence electrons. The number of urea groups is 1. The SMILES string of the molecule is CCc1cccc(CC)c1NS(=O)(=O)c1ccc(NC(=O)N2CCCC2)cc1. The molecule has 1 fully saturated rings. The number of anilines is 2. The number of benzene rings is 2. The van der Waals surface area contributed by atoms with Gasteiger partial charge in [0, 0.05) is 18.8 Å². The lowest BCUT2D eigenvalue weighted by molar-refractivity contribution is 0.222. The lowest BCUT2D eigenvalue weighted by Crippen LogP contribution is -2.32. The smallest absolute Gasteiger partial charge is 0.321 e. The van der Waals surface area contributed by atoms with Crippen molar-refractivity contribution in [1.82, 2.24) is 4.90 Å². The van der Waals surface area contributed by atoms with Crippen molar-refractivity contribution in [1.29, 1.82) is 0 Å². The molecule has 1 aliphatic heterocycles. The van der Waals surface area contributed by atoms with Gasteiger partial charge >= 0.3 is 6.03 Å². The Bertz CT molecular complexity index is 912. The molecule has 0 unspecified atom stereocenters. The summed E-state index contributed by atoms with van der Waals surface area (Å²) in [6.07, 6.45) is 3.53. The molecule has 3 rings (SSSR count). The second kappa shape index (κ2) is 8.65. The van der Waals surface area contributed by atoms with Crippen molar-refractivity contribution in [3.63, 3.8) is 0 Å². The third-order valence-corrected chi connectivity index (χ3v) is 6.41. The summed E-state index contributed by atoms with van der Waals surface area (Å²) in [6, 6.07) is 12.0. The molecule has 1 heterocycles. The van der Waals surface area contributed by atoms with Crippen molar-refractivity contribution >= 4 is 27.4 Å². The van der Waals surface area contributed by atoms with Crippen molar-refractivity contribution in [2.24, 2.45) is 0 Å². The van der Waals surface area contributed by atoms with Gasteiger partial charge in [-0.2, -0.15) is 0 Å². The average Bonchev–Trinajstić information content (AvgIpc) is 3.23. The first-order valence-corrected chi connectivity index (χ1v) is 11.2. The molecule has 2 aromatic rings. The molecule has 6 nitrogen and oxygen atoms in total. The van der Waals surface area contributed by atoms with Crippen LogP contribution in [0.15, 0.2) is 47.4 Å². The van der Waals surface area contributed by atoms with Crippen LogP contribution >= 0.6 is 0 Å². The van der Waals surface area contributed by atoms with E-state index in [9.17, 15) is 13.2 Å². The monoisotopic (exact) mass is 401 g/mol. The van der Waals surface area contributed by atoms with Gasteiger partial charge in [-0.1, -0.05) is 32.0 Å². The lowest BCUT2D eigenvalue weighted by Gasteiger charge is -2.17. The molecule has 0 aromatic heterocycles. The minimum Gasteiger partial charge on any atom is -0.325 e. The van der Waals surface area contributed by atoms with Crippen LogP contribution in [0.1, 0.15) is 37.8 Å². The van der Waals surface area contributed by atoms with Gasteiger partial charge in [0.15, 0.2) is 0 Å². The average molecular weight is 402 g/mol. The molecule has 28 heavy (non-hydrogen) atoms. The minimum atomic E-state index is -3.71. The zero-order chi connectivity index (χ0) is 20.1. The van der Waals surface area contributed by atoms with E-state index in [1.165, 1.54) is 12.1 Å². The number of hydrogen-bond donors (Lipinski definition) is 2. The highest BCUT2D eigenvalue weighted by molar-refractivity contribution is 7.92. The number of carbonyl (C=O) groups is 1. The third kappa shape index (κ3) is 4.47. The molecule has 1 aliphatic rings. The van der Waals surface area contributed by atoms with E-state index in [0.717, 1.165) is 49.9 Å². The molecular weight excluding hydrogens is 374 g/mol. The van der Waals surface area contributed by atoms with Gasteiger partial charge in [0.25, 0.3) is 10.0 Å². The van der Waals surface area contributed by atoms with Crippen molar-refractivity contribution in [3.8, 4) is 0 Å². The van der Waals surface area contributed by atoms with Crippen LogP contribution in [0.25, 0.3) is 0 Å². The van der Waals surface area contributed by atoms with Gasteiger partial charge in [-0.3, -0.25) is 4.72 Å². The van der Waals surface area contributed by atoms with Crippen LogP contribution in [0.5, 0.6) is 0 Å². The quantitative estimate of drug-likeness (QED) is 0.760. The minimum absolute atomic E-state index is 0.143. The summed E-state index contributed by atoms with van der Waals surface area (Å²) in [5, 5.41) is 2.82. The standard InChI is InChI=1S/C21H27N3O3S/c1-3-16-8-7-9-17(4-2)20(16)23-28(26,27)19-12-10-18(11-13-19)22-21(25)24-14-5-6-15-24/h7-13,23H,3-6,14-15H2,1-2H3,(H,22,25). The summed E-state index contributed by atoms with van der Waals surface area (Å²) in [7, 11) is -3.71. The van der Waals surface area contributed by atoms with Crippen LogP contribution in [0.2, 0.25) is 0 Å². The van der Waals surface area contributed by atoms with Gasteiger partial charge in [-0.25, -0.2) is 13.2 Å². The number of para-hydroxylation sites is 1. The molecule has 2 N–H and O–H groups in total. The van der Waals surface area contributed by atoms with Gasteiger partial charge in [0.2, 0.25) is 0 Å². The predicted molar refractivity (Wildman–Crippen MR) is 112 cm³/mol. The largest absolute Gasteiger partial charge is 0.325 e. The normalized spacial score (nSPS) is 14.1. The molecule has 0 radical (unpaired) electrons. The molecule has 0 atom stereocenters. The molecule has 2 aromatic carbocycles. The van der Waals surface area contributed by atoms with Crippen molar-refractivity contribution in [2.75, 3.05) is 23.1 Å². The summed E-state index contributed by atoms with van der Waals surface area (Å²) in [6.45, 7) is 5.53. The second-order valence-corrected chi connectivity index (χ2v) is 8.59. The Hall–Kier alpha value is -2.54. The molecule has 0 spiro atoms. The Morgan fingerprint density at radius 2 is 1.54 bits per heavy atom. The number of carbonyl (C=O) groups excluding carboxylic acids is 1. The number of nitrogens with one attached hydrogen (secondary N) is 2. The van der Waals surface area contributed by atoms with E-state index in [2.05, 4.69) is 10.0 Å². The Kier molecular flexibility index (Phi) is 6.24. The Morgan fingerprint density at radius 3 is 2.07 bits per heavy atom. The molecule has 0 saturated carbocycles. The number of rotatable bonds is 6. The number of aryl methyl sites for hydroxylation is 2. The zero-order valence-corrected chi connectivity index (χ0v) is 17.2. The first-order valence-electron chi connectivity index (χ1n) is 9.74. The summed E-state index contributed by atoms with van der Waals surface area (Å²) in [4.78, 5) is 14.1. The molecule has 7 heteroatoms. The number of sulfonamides is 1. The van der Waals surface area contributed by atoms with E-state index in [4.69, 9.17) is 0 Å². The van der Waals surface area contributed by atoms with E-state index in [1.807, 2.05) is 32.0 Å². The van der Waals surface area contributed by atoms with Crippen LogP contribution in [0, 0.1) is 0 Å². The molecule has 2 amide bonds. The highest BCUT2D eigenvalue weighted by Crippen LogP contribution is 2.26. The molecular formula is C21H27N3O3S. The van der Waals surface area contributed by atoms with Crippen LogP contribution in [0.4, 0.5) is 16.2 Å². The summed E-state index contributed by atoms with van der Waals surface area (Å²) in [5.41, 5.74) is 3.19. The first kappa shape index (κ1) is 20.2. The van der Waals surface area contributed by atoms with E-state index in [0.29, 0.717) is 11.4 Å². The van der Waals surface area contributed by atoms with Crippen molar-refractivity contribution < 1.29 is 13.2 Å². The van der Waals surface area contributed by atoms with Crippen LogP contribution in [0.3, 0.4) is 0 Å². The van der Waals surface area contributed by atoms with E-state index < -0.39 is 10.0 Å². The van der Waals surface area contributed by atoms with Crippen LogP contribution in [-0.2, 0) is 22.9 Å². The Morgan fingerprint density at radius 1 is 0.964 bits per heavy atom. The lowest BCUT2D eigenvalue weighted by atomic mass is 10.0. The van der Waals surface area contributed by atoms with Crippen molar-refractivity contribution in [3.05, 3.63) is 53.6 Å². The fourth-order valence-electron chi connectivity index (χ4n) is 3.41. The van der Waals surface area contributed by atoms with Crippen molar-refractivity contribution in [2.45, 2.75) is 44.4 Å². The van der Waals surface area contributed by atoms with E-state index in [1.54, 1.807) is 17.0 Å². The maximum atomic E-state index is 12.9. The molecule has 0 aliphatic carbocycles. The zero-order valence-electron chi connectivity index (χ0n) is 16.4.